The Kier molecular flexibility index (Phi) is 6.35. The van der Waals surface area contributed by atoms with Gasteiger partial charge in [0.15, 0.2) is 0 Å². The lowest BCUT2D eigenvalue weighted by Gasteiger charge is -2.32. The molecule has 1 fully saturated rings. The first kappa shape index (κ1) is 21.8. The molecule has 3 aromatic carbocycles. The van der Waals surface area contributed by atoms with Gasteiger partial charge in [-0.2, -0.15) is 9.57 Å². The highest BCUT2D eigenvalue weighted by molar-refractivity contribution is 7.89. The molecule has 0 aliphatic carbocycles. The first-order valence-corrected chi connectivity index (χ1v) is 11.8. The number of rotatable bonds is 5. The Labute approximate surface area is 187 Å². The second-order valence-corrected chi connectivity index (χ2v) is 9.47. The van der Waals surface area contributed by atoms with Crippen LogP contribution in [0, 0.1) is 11.3 Å². The molecule has 0 aromatic heterocycles. The van der Waals surface area contributed by atoms with Gasteiger partial charge in [0.05, 0.1) is 16.5 Å². The zero-order chi connectivity index (χ0) is 22.6. The number of nitriles is 1. The molecule has 0 N–H and O–H groups in total. The second-order valence-electron chi connectivity index (χ2n) is 7.58. The Morgan fingerprint density at radius 2 is 1.53 bits per heavy atom. The summed E-state index contributed by atoms with van der Waals surface area (Å²) in [6, 6.07) is 23.6. The third kappa shape index (κ3) is 4.57. The lowest BCUT2D eigenvalue weighted by Crippen LogP contribution is -2.49. The van der Waals surface area contributed by atoms with E-state index in [1.54, 1.807) is 42.5 Å². The summed E-state index contributed by atoms with van der Waals surface area (Å²) in [4.78, 5) is 13.1. The number of esters is 1. The molecule has 1 heterocycles. The molecule has 1 aliphatic rings. The minimum atomic E-state index is -3.79. The Morgan fingerprint density at radius 3 is 2.16 bits per heavy atom. The Morgan fingerprint density at radius 1 is 0.906 bits per heavy atom. The molecular weight excluding hydrogens is 424 g/mol. The van der Waals surface area contributed by atoms with E-state index in [4.69, 9.17) is 10.00 Å². The molecule has 1 saturated heterocycles. The van der Waals surface area contributed by atoms with Crippen LogP contribution in [0.5, 0.6) is 5.75 Å². The smallest absolute Gasteiger partial charge is 0.329 e. The first-order chi connectivity index (χ1) is 15.5. The maximum atomic E-state index is 13.1. The Hall–Kier alpha value is -3.47. The largest absolute Gasteiger partial charge is 0.425 e. The van der Waals surface area contributed by atoms with Crippen LogP contribution >= 0.6 is 0 Å². The number of ether oxygens (including phenoxy) is 1. The molecule has 162 valence electrons. The van der Waals surface area contributed by atoms with Crippen LogP contribution in [-0.4, -0.2) is 31.3 Å². The van der Waals surface area contributed by atoms with Crippen molar-refractivity contribution in [2.24, 2.45) is 0 Å². The van der Waals surface area contributed by atoms with Gasteiger partial charge in [-0.05, 0) is 66.8 Å². The monoisotopic (exact) mass is 446 g/mol. The quantitative estimate of drug-likeness (QED) is 0.429. The van der Waals surface area contributed by atoms with E-state index in [0.717, 1.165) is 17.5 Å². The SMILES string of the molecule is N#Cc1ccc(-c2ccc(OC(=O)C3CCCCN3S(=O)(=O)c3ccccc3)cc2)cc1. The van der Waals surface area contributed by atoms with Gasteiger partial charge < -0.3 is 4.74 Å². The van der Waals surface area contributed by atoms with E-state index < -0.39 is 22.0 Å². The van der Waals surface area contributed by atoms with Gasteiger partial charge in [-0.15, -0.1) is 0 Å². The molecule has 0 radical (unpaired) electrons. The zero-order valence-corrected chi connectivity index (χ0v) is 18.2. The van der Waals surface area contributed by atoms with Gasteiger partial charge in [0.1, 0.15) is 11.8 Å². The number of benzene rings is 3. The van der Waals surface area contributed by atoms with Gasteiger partial charge in [0.25, 0.3) is 0 Å². The fraction of sp³-hybridized carbons (Fsp3) is 0.200. The normalized spacial score (nSPS) is 16.8. The minimum absolute atomic E-state index is 0.173. The molecule has 0 amide bonds. The molecule has 7 heteroatoms. The van der Waals surface area contributed by atoms with Crippen molar-refractivity contribution in [3.8, 4) is 22.9 Å². The molecule has 3 aromatic rings. The molecule has 1 aliphatic heterocycles. The van der Waals surface area contributed by atoms with E-state index in [9.17, 15) is 13.2 Å². The average Bonchev–Trinajstić information content (AvgIpc) is 2.85. The van der Waals surface area contributed by atoms with Crippen molar-refractivity contribution in [3.05, 3.63) is 84.4 Å². The number of hydrogen-bond acceptors (Lipinski definition) is 5. The zero-order valence-electron chi connectivity index (χ0n) is 17.3. The standard InChI is InChI=1S/C25H22N2O4S/c26-18-19-9-11-20(12-10-19)21-13-15-22(16-14-21)31-25(28)24-8-4-5-17-27(24)32(29,30)23-6-2-1-3-7-23/h1-3,6-7,9-16,24H,4-5,8,17H2. The van der Waals surface area contributed by atoms with Crippen LogP contribution in [0.4, 0.5) is 0 Å². The van der Waals surface area contributed by atoms with Crippen molar-refractivity contribution in [3.63, 3.8) is 0 Å². The molecule has 1 unspecified atom stereocenters. The number of hydrogen-bond donors (Lipinski definition) is 0. The number of carbonyl (C=O) groups is 1. The fourth-order valence-corrected chi connectivity index (χ4v) is 5.46. The lowest BCUT2D eigenvalue weighted by molar-refractivity contribution is -0.139. The molecule has 0 bridgehead atoms. The predicted molar refractivity (Wildman–Crippen MR) is 120 cm³/mol. The third-order valence-electron chi connectivity index (χ3n) is 5.50. The van der Waals surface area contributed by atoms with Crippen molar-refractivity contribution >= 4 is 16.0 Å². The maximum Gasteiger partial charge on any atom is 0.329 e. The van der Waals surface area contributed by atoms with Crippen LogP contribution in [-0.2, 0) is 14.8 Å². The molecule has 6 nitrogen and oxygen atoms in total. The van der Waals surface area contributed by atoms with Gasteiger partial charge in [0.2, 0.25) is 10.0 Å². The van der Waals surface area contributed by atoms with Crippen molar-refractivity contribution in [1.29, 1.82) is 5.26 Å². The highest BCUT2D eigenvalue weighted by atomic mass is 32.2. The van der Waals surface area contributed by atoms with Crippen molar-refractivity contribution in [2.75, 3.05) is 6.54 Å². The fourth-order valence-electron chi connectivity index (χ4n) is 3.79. The van der Waals surface area contributed by atoms with E-state index >= 15 is 0 Å². The predicted octanol–water partition coefficient (Wildman–Crippen LogP) is 4.37. The average molecular weight is 447 g/mol. The molecule has 0 saturated carbocycles. The lowest BCUT2D eigenvalue weighted by atomic mass is 10.0. The van der Waals surface area contributed by atoms with Crippen molar-refractivity contribution in [2.45, 2.75) is 30.2 Å². The number of sulfonamides is 1. The van der Waals surface area contributed by atoms with E-state index in [1.165, 1.54) is 16.4 Å². The highest BCUT2D eigenvalue weighted by Crippen LogP contribution is 2.28. The van der Waals surface area contributed by atoms with Crippen LogP contribution in [0.2, 0.25) is 0 Å². The molecule has 4 rings (SSSR count). The third-order valence-corrected chi connectivity index (χ3v) is 7.42. The number of piperidine rings is 1. The van der Waals surface area contributed by atoms with Crippen molar-refractivity contribution in [1.82, 2.24) is 4.31 Å². The molecule has 1 atom stereocenters. The van der Waals surface area contributed by atoms with Crippen LogP contribution in [0.25, 0.3) is 11.1 Å². The summed E-state index contributed by atoms with van der Waals surface area (Å²) in [6.07, 6.45) is 1.89. The van der Waals surface area contributed by atoms with E-state index in [-0.39, 0.29) is 11.4 Å². The molecule has 32 heavy (non-hydrogen) atoms. The second kappa shape index (κ2) is 9.35. The van der Waals surface area contributed by atoms with Crippen LogP contribution in [0.1, 0.15) is 24.8 Å². The van der Waals surface area contributed by atoms with Crippen LogP contribution < -0.4 is 4.74 Å². The summed E-state index contributed by atoms with van der Waals surface area (Å²) in [5, 5.41) is 8.92. The summed E-state index contributed by atoms with van der Waals surface area (Å²) in [6.45, 7) is 0.286. The summed E-state index contributed by atoms with van der Waals surface area (Å²) in [7, 11) is -3.79. The summed E-state index contributed by atoms with van der Waals surface area (Å²) >= 11 is 0. The van der Waals surface area contributed by atoms with Gasteiger partial charge in [-0.25, -0.2) is 13.2 Å². The van der Waals surface area contributed by atoms with Gasteiger partial charge in [-0.1, -0.05) is 42.5 Å². The summed E-state index contributed by atoms with van der Waals surface area (Å²) < 4.78 is 33.0. The Balaban J connectivity index is 1.50. The molecule has 0 spiro atoms. The van der Waals surface area contributed by atoms with Gasteiger partial charge in [0, 0.05) is 6.54 Å². The number of carbonyl (C=O) groups excluding carboxylic acids is 1. The topological polar surface area (TPSA) is 87.5 Å². The van der Waals surface area contributed by atoms with Gasteiger partial charge in [-0.3, -0.25) is 0 Å². The molecular formula is C25H22N2O4S. The van der Waals surface area contributed by atoms with Gasteiger partial charge >= 0.3 is 5.97 Å². The summed E-state index contributed by atoms with van der Waals surface area (Å²) in [5.41, 5.74) is 2.44. The maximum absolute atomic E-state index is 13.1. The number of nitrogens with zero attached hydrogens (tertiary/aromatic N) is 2. The summed E-state index contributed by atoms with van der Waals surface area (Å²) in [5.74, 6) is -0.217. The van der Waals surface area contributed by atoms with Crippen LogP contribution in [0.15, 0.2) is 83.8 Å². The van der Waals surface area contributed by atoms with Crippen LogP contribution in [0.3, 0.4) is 0 Å². The van der Waals surface area contributed by atoms with E-state index in [1.807, 2.05) is 24.3 Å². The first-order valence-electron chi connectivity index (χ1n) is 10.4. The highest BCUT2D eigenvalue weighted by Gasteiger charge is 2.38. The van der Waals surface area contributed by atoms with Crippen molar-refractivity contribution < 1.29 is 17.9 Å². The van der Waals surface area contributed by atoms with E-state index in [0.29, 0.717) is 24.2 Å². The Bertz CT molecular complexity index is 1230. The van der Waals surface area contributed by atoms with E-state index in [2.05, 4.69) is 6.07 Å². The minimum Gasteiger partial charge on any atom is -0.425 e.